The van der Waals surface area contributed by atoms with E-state index in [0.717, 1.165) is 55.3 Å². The molecule has 3 heterocycles. The minimum absolute atomic E-state index is 0.0587. The summed E-state index contributed by atoms with van der Waals surface area (Å²) in [6, 6.07) is 10.4. The van der Waals surface area contributed by atoms with E-state index in [2.05, 4.69) is 27.8 Å². The zero-order valence-electron chi connectivity index (χ0n) is 18.3. The van der Waals surface area contributed by atoms with Crippen molar-refractivity contribution in [2.45, 2.75) is 69.7 Å². The van der Waals surface area contributed by atoms with Gasteiger partial charge in [0, 0.05) is 43.8 Å². The molecule has 2 aliphatic heterocycles. The van der Waals surface area contributed by atoms with E-state index < -0.39 is 0 Å². The van der Waals surface area contributed by atoms with Crippen LogP contribution < -0.4 is 10.6 Å². The summed E-state index contributed by atoms with van der Waals surface area (Å²) in [5.41, 5.74) is 4.38. The van der Waals surface area contributed by atoms with Crippen LogP contribution in [0.25, 0.3) is 0 Å². The standard InChI is InChI=1S/C25H30N4O3/c30-24(23-2-1-13-32-23)27-21-7-3-17(4-8-21)18-5-9-22(10-6-18)28-25(31)29-15-19-11-12-26-14-20(19)16-29/h5-6,9-12,14,17,21,23H,1-4,7-8,13,15-16H2,(H,27,30)(H,28,31)/t17-,21+,23-/m0/s1. The first kappa shape index (κ1) is 20.9. The van der Waals surface area contributed by atoms with Crippen LogP contribution >= 0.6 is 0 Å². The molecule has 1 aromatic carbocycles. The van der Waals surface area contributed by atoms with Gasteiger partial charge in [-0.25, -0.2) is 4.79 Å². The van der Waals surface area contributed by atoms with E-state index in [9.17, 15) is 9.59 Å². The fourth-order valence-corrected chi connectivity index (χ4v) is 5.05. The Balaban J connectivity index is 1.10. The molecule has 32 heavy (non-hydrogen) atoms. The van der Waals surface area contributed by atoms with Crippen molar-refractivity contribution in [2.75, 3.05) is 11.9 Å². The SMILES string of the molecule is O=C(N[C@H]1CC[C@@H](c2ccc(NC(=O)N3Cc4ccncc4C3)cc2)CC1)[C@@H]1CCCO1. The molecule has 1 atom stereocenters. The Labute approximate surface area is 188 Å². The number of carbonyl (C=O) groups excluding carboxylic acids is 2. The molecule has 3 amide bonds. The molecule has 1 aliphatic carbocycles. The predicted molar refractivity (Wildman–Crippen MR) is 121 cm³/mol. The molecule has 0 bridgehead atoms. The second kappa shape index (κ2) is 9.28. The van der Waals surface area contributed by atoms with Crippen LogP contribution in [0, 0.1) is 0 Å². The van der Waals surface area contributed by atoms with Crippen molar-refractivity contribution in [3.05, 3.63) is 59.4 Å². The first-order valence-corrected chi connectivity index (χ1v) is 11.7. The molecule has 3 aliphatic rings. The number of fused-ring (bicyclic) bond motifs is 1. The number of rotatable bonds is 4. The number of pyridine rings is 1. The number of nitrogens with zero attached hydrogens (tertiary/aromatic N) is 2. The zero-order valence-corrected chi connectivity index (χ0v) is 18.3. The van der Waals surface area contributed by atoms with Crippen molar-refractivity contribution in [2.24, 2.45) is 0 Å². The Morgan fingerprint density at radius 2 is 1.75 bits per heavy atom. The Morgan fingerprint density at radius 1 is 0.969 bits per heavy atom. The summed E-state index contributed by atoms with van der Waals surface area (Å²) in [6.45, 7) is 1.92. The number of carbonyl (C=O) groups is 2. The summed E-state index contributed by atoms with van der Waals surface area (Å²) < 4.78 is 5.49. The summed E-state index contributed by atoms with van der Waals surface area (Å²) in [6.07, 6.45) is 9.27. The van der Waals surface area contributed by atoms with Crippen molar-refractivity contribution in [1.29, 1.82) is 0 Å². The summed E-state index contributed by atoms with van der Waals surface area (Å²) in [5.74, 6) is 0.555. The summed E-state index contributed by atoms with van der Waals surface area (Å²) in [7, 11) is 0. The third-order valence-corrected chi connectivity index (χ3v) is 6.94. The van der Waals surface area contributed by atoms with Crippen LogP contribution in [-0.4, -0.2) is 40.6 Å². The van der Waals surface area contributed by atoms with Crippen LogP contribution in [0.15, 0.2) is 42.7 Å². The molecule has 2 N–H and O–H groups in total. The minimum atomic E-state index is -0.248. The molecule has 2 fully saturated rings. The molecule has 0 spiro atoms. The number of benzene rings is 1. The van der Waals surface area contributed by atoms with E-state index in [1.54, 1.807) is 11.1 Å². The van der Waals surface area contributed by atoms with Crippen LogP contribution in [-0.2, 0) is 22.6 Å². The largest absolute Gasteiger partial charge is 0.368 e. The van der Waals surface area contributed by atoms with Gasteiger partial charge in [0.15, 0.2) is 0 Å². The second-order valence-electron chi connectivity index (χ2n) is 9.11. The van der Waals surface area contributed by atoms with Gasteiger partial charge in [0.25, 0.3) is 0 Å². The number of amides is 3. The highest BCUT2D eigenvalue weighted by Gasteiger charge is 2.28. The van der Waals surface area contributed by atoms with Crippen LogP contribution in [0.2, 0.25) is 0 Å². The van der Waals surface area contributed by atoms with Crippen molar-refractivity contribution >= 4 is 17.6 Å². The molecule has 2 aromatic rings. The van der Waals surface area contributed by atoms with E-state index in [0.29, 0.717) is 25.6 Å². The highest BCUT2D eigenvalue weighted by atomic mass is 16.5. The normalized spacial score (nSPS) is 24.8. The molecule has 1 saturated carbocycles. The van der Waals surface area contributed by atoms with Crippen molar-refractivity contribution in [3.8, 4) is 0 Å². The second-order valence-corrected chi connectivity index (χ2v) is 9.11. The van der Waals surface area contributed by atoms with E-state index in [1.165, 1.54) is 5.56 Å². The molecule has 7 heteroatoms. The Morgan fingerprint density at radius 3 is 2.47 bits per heavy atom. The molecular weight excluding hydrogens is 404 g/mol. The first-order chi connectivity index (χ1) is 15.7. The monoisotopic (exact) mass is 434 g/mol. The first-order valence-electron chi connectivity index (χ1n) is 11.7. The van der Waals surface area contributed by atoms with Crippen LogP contribution in [0.5, 0.6) is 0 Å². The van der Waals surface area contributed by atoms with E-state index in [1.807, 2.05) is 24.4 Å². The van der Waals surface area contributed by atoms with E-state index in [-0.39, 0.29) is 24.1 Å². The lowest BCUT2D eigenvalue weighted by molar-refractivity contribution is -0.131. The quantitative estimate of drug-likeness (QED) is 0.763. The number of anilines is 1. The third kappa shape index (κ3) is 4.63. The smallest absolute Gasteiger partial charge is 0.322 e. The lowest BCUT2D eigenvalue weighted by Gasteiger charge is -2.30. The van der Waals surface area contributed by atoms with Crippen LogP contribution in [0.3, 0.4) is 0 Å². The molecule has 0 unspecified atom stereocenters. The van der Waals surface area contributed by atoms with Crippen molar-refractivity contribution in [1.82, 2.24) is 15.2 Å². The summed E-state index contributed by atoms with van der Waals surface area (Å²) >= 11 is 0. The number of hydrogen-bond acceptors (Lipinski definition) is 4. The highest BCUT2D eigenvalue weighted by Crippen LogP contribution is 2.33. The Bertz CT molecular complexity index is 938. The number of ether oxygens (including phenoxy) is 1. The molecular formula is C25H30N4O3. The molecule has 1 saturated heterocycles. The molecule has 168 valence electrons. The third-order valence-electron chi connectivity index (χ3n) is 6.94. The lowest BCUT2D eigenvalue weighted by atomic mass is 9.81. The fraction of sp³-hybridized carbons (Fsp3) is 0.480. The van der Waals surface area contributed by atoms with Gasteiger partial charge >= 0.3 is 6.03 Å². The maximum absolute atomic E-state index is 12.6. The van der Waals surface area contributed by atoms with Gasteiger partial charge in [0.2, 0.25) is 5.91 Å². The highest BCUT2D eigenvalue weighted by molar-refractivity contribution is 5.89. The maximum atomic E-state index is 12.6. The summed E-state index contributed by atoms with van der Waals surface area (Å²) in [4.78, 5) is 30.9. The average molecular weight is 435 g/mol. The van der Waals surface area contributed by atoms with Gasteiger partial charge < -0.3 is 20.3 Å². The van der Waals surface area contributed by atoms with Crippen LogP contribution in [0.4, 0.5) is 10.5 Å². The van der Waals surface area contributed by atoms with E-state index >= 15 is 0 Å². The van der Waals surface area contributed by atoms with Gasteiger partial charge in [-0.1, -0.05) is 12.1 Å². The maximum Gasteiger partial charge on any atom is 0.322 e. The molecule has 1 aromatic heterocycles. The van der Waals surface area contributed by atoms with Crippen LogP contribution in [0.1, 0.15) is 61.1 Å². The van der Waals surface area contributed by atoms with Crippen molar-refractivity contribution in [3.63, 3.8) is 0 Å². The Hall–Kier alpha value is -2.93. The number of hydrogen-bond donors (Lipinski definition) is 2. The van der Waals surface area contributed by atoms with Gasteiger partial charge in [0.1, 0.15) is 6.10 Å². The van der Waals surface area contributed by atoms with Gasteiger partial charge in [-0.05, 0) is 79.3 Å². The van der Waals surface area contributed by atoms with Gasteiger partial charge in [0.05, 0.1) is 0 Å². The van der Waals surface area contributed by atoms with E-state index in [4.69, 9.17) is 4.74 Å². The zero-order chi connectivity index (χ0) is 21.9. The number of nitrogens with one attached hydrogen (secondary N) is 2. The summed E-state index contributed by atoms with van der Waals surface area (Å²) in [5, 5.41) is 6.19. The average Bonchev–Trinajstić information content (AvgIpc) is 3.50. The number of aromatic nitrogens is 1. The molecule has 5 rings (SSSR count). The van der Waals surface area contributed by atoms with Crippen molar-refractivity contribution < 1.29 is 14.3 Å². The lowest BCUT2D eigenvalue weighted by Crippen LogP contribution is -2.42. The Kier molecular flexibility index (Phi) is 6.08. The fourth-order valence-electron chi connectivity index (χ4n) is 5.05. The topological polar surface area (TPSA) is 83.6 Å². The van der Waals surface area contributed by atoms with Gasteiger partial charge in [-0.2, -0.15) is 0 Å². The molecule has 7 nitrogen and oxygen atoms in total. The van der Waals surface area contributed by atoms with Gasteiger partial charge in [-0.15, -0.1) is 0 Å². The molecule has 0 radical (unpaired) electrons. The predicted octanol–water partition coefficient (Wildman–Crippen LogP) is 3.95. The minimum Gasteiger partial charge on any atom is -0.368 e. The van der Waals surface area contributed by atoms with Gasteiger partial charge in [-0.3, -0.25) is 9.78 Å². The number of urea groups is 1.